The minimum absolute atomic E-state index is 0.0578. The van der Waals surface area contributed by atoms with Crippen LogP contribution in [0.5, 0.6) is 0 Å². The van der Waals surface area contributed by atoms with Gasteiger partial charge in [-0.25, -0.2) is 4.79 Å². The number of rotatable bonds is 7. The predicted octanol–water partition coefficient (Wildman–Crippen LogP) is 3.26. The van der Waals surface area contributed by atoms with E-state index < -0.39 is 0 Å². The lowest BCUT2D eigenvalue weighted by Gasteiger charge is -2.16. The van der Waals surface area contributed by atoms with Crippen molar-refractivity contribution in [3.8, 4) is 0 Å². The number of nitrogens with one attached hydrogen (secondary N) is 4. The Hall–Kier alpha value is -2.08. The number of carbonyl (C=O) groups is 2. The van der Waals surface area contributed by atoms with E-state index in [4.69, 9.17) is 0 Å². The molecule has 1 fully saturated rings. The fourth-order valence-electron chi connectivity index (χ4n) is 3.21. The highest BCUT2D eigenvalue weighted by molar-refractivity contribution is 5.96. The minimum atomic E-state index is -0.273. The van der Waals surface area contributed by atoms with Crippen molar-refractivity contribution < 1.29 is 9.59 Å². The van der Waals surface area contributed by atoms with Crippen LogP contribution in [0.3, 0.4) is 0 Å². The van der Waals surface area contributed by atoms with Gasteiger partial charge in [0.15, 0.2) is 0 Å². The van der Waals surface area contributed by atoms with Gasteiger partial charge in [0.1, 0.15) is 0 Å². The lowest BCUT2D eigenvalue weighted by molar-refractivity contribution is 0.0953. The molecule has 1 aliphatic carbocycles. The van der Waals surface area contributed by atoms with Crippen molar-refractivity contribution in [2.75, 3.05) is 18.4 Å². The van der Waals surface area contributed by atoms with Crippen molar-refractivity contribution in [2.45, 2.75) is 64.5 Å². The Labute approximate surface area is 156 Å². The third kappa shape index (κ3) is 7.44. The van der Waals surface area contributed by atoms with Crippen LogP contribution in [-0.4, -0.2) is 37.1 Å². The second-order valence-electron chi connectivity index (χ2n) is 7.23. The van der Waals surface area contributed by atoms with Gasteiger partial charge >= 0.3 is 6.03 Å². The standard InChI is InChI=1S/C20H32N4O2/c1-15(2)23-20(26)24-18-11-7-8-16(14-18)19(25)22-13-12-21-17-9-5-3-4-6-10-17/h7-8,11,14-15,17,21H,3-6,9-10,12-13H2,1-2H3,(H,22,25)(H2,23,24,26). The summed E-state index contributed by atoms with van der Waals surface area (Å²) in [5.41, 5.74) is 1.15. The van der Waals surface area contributed by atoms with Crippen molar-refractivity contribution >= 4 is 17.6 Å². The summed E-state index contributed by atoms with van der Waals surface area (Å²) >= 11 is 0. The summed E-state index contributed by atoms with van der Waals surface area (Å²) in [6.45, 7) is 5.17. The molecule has 0 aliphatic heterocycles. The summed E-state index contributed by atoms with van der Waals surface area (Å²) in [5.74, 6) is -0.124. The Balaban J connectivity index is 1.74. The molecule has 0 aromatic heterocycles. The average Bonchev–Trinajstić information content (AvgIpc) is 2.86. The maximum Gasteiger partial charge on any atom is 0.319 e. The highest BCUT2D eigenvalue weighted by Gasteiger charge is 2.12. The molecule has 1 aromatic carbocycles. The second kappa shape index (κ2) is 10.8. The molecule has 1 saturated carbocycles. The van der Waals surface area contributed by atoms with Crippen LogP contribution in [0.1, 0.15) is 62.7 Å². The van der Waals surface area contributed by atoms with Crippen molar-refractivity contribution in [1.82, 2.24) is 16.0 Å². The number of urea groups is 1. The zero-order chi connectivity index (χ0) is 18.8. The smallest absolute Gasteiger partial charge is 0.319 e. The molecule has 3 amide bonds. The summed E-state index contributed by atoms with van der Waals surface area (Å²) in [6.07, 6.45) is 7.76. The Morgan fingerprint density at radius 3 is 2.50 bits per heavy atom. The van der Waals surface area contributed by atoms with Crippen molar-refractivity contribution in [3.63, 3.8) is 0 Å². The molecular weight excluding hydrogens is 328 g/mol. The number of carbonyl (C=O) groups excluding carboxylic acids is 2. The number of amides is 3. The van der Waals surface area contributed by atoms with E-state index in [1.807, 2.05) is 13.8 Å². The molecule has 0 spiro atoms. The molecule has 6 heteroatoms. The Kier molecular flexibility index (Phi) is 8.41. The second-order valence-corrected chi connectivity index (χ2v) is 7.23. The fourth-order valence-corrected chi connectivity index (χ4v) is 3.21. The molecule has 0 heterocycles. The summed E-state index contributed by atoms with van der Waals surface area (Å²) < 4.78 is 0. The zero-order valence-electron chi connectivity index (χ0n) is 15.9. The molecule has 0 saturated heterocycles. The first-order valence-corrected chi connectivity index (χ1v) is 9.74. The number of anilines is 1. The lowest BCUT2D eigenvalue weighted by atomic mass is 10.1. The molecule has 144 valence electrons. The van der Waals surface area contributed by atoms with Gasteiger partial charge in [-0.2, -0.15) is 0 Å². The van der Waals surface area contributed by atoms with E-state index in [2.05, 4.69) is 21.3 Å². The first kappa shape index (κ1) is 20.2. The highest BCUT2D eigenvalue weighted by Crippen LogP contribution is 2.16. The van der Waals surface area contributed by atoms with E-state index in [0.717, 1.165) is 6.54 Å². The normalized spacial score (nSPS) is 15.3. The SMILES string of the molecule is CC(C)NC(=O)Nc1cccc(C(=O)NCCNC2CCCCCC2)c1. The molecule has 4 N–H and O–H groups in total. The summed E-state index contributed by atoms with van der Waals surface area (Å²) in [5, 5.41) is 12.0. The van der Waals surface area contributed by atoms with Gasteiger partial charge in [0, 0.05) is 36.4 Å². The topological polar surface area (TPSA) is 82.3 Å². The number of hydrogen-bond acceptors (Lipinski definition) is 3. The van der Waals surface area contributed by atoms with Gasteiger partial charge in [0.2, 0.25) is 0 Å². The summed E-state index contributed by atoms with van der Waals surface area (Å²) in [6, 6.07) is 7.34. The van der Waals surface area contributed by atoms with Crippen LogP contribution >= 0.6 is 0 Å². The van der Waals surface area contributed by atoms with E-state index in [1.165, 1.54) is 38.5 Å². The third-order valence-electron chi connectivity index (χ3n) is 4.50. The van der Waals surface area contributed by atoms with Gasteiger partial charge in [-0.3, -0.25) is 4.79 Å². The summed E-state index contributed by atoms with van der Waals surface area (Å²) in [7, 11) is 0. The molecule has 2 rings (SSSR count). The van der Waals surface area contributed by atoms with E-state index in [-0.39, 0.29) is 18.0 Å². The minimum Gasteiger partial charge on any atom is -0.351 e. The van der Waals surface area contributed by atoms with Crippen molar-refractivity contribution in [2.24, 2.45) is 0 Å². The zero-order valence-corrected chi connectivity index (χ0v) is 15.9. The Bertz CT molecular complexity index is 581. The Morgan fingerprint density at radius 1 is 1.08 bits per heavy atom. The maximum atomic E-state index is 12.3. The largest absolute Gasteiger partial charge is 0.351 e. The molecule has 0 atom stereocenters. The van der Waals surface area contributed by atoms with E-state index in [1.54, 1.807) is 24.3 Å². The molecule has 26 heavy (non-hydrogen) atoms. The Morgan fingerprint density at radius 2 is 1.81 bits per heavy atom. The van der Waals surface area contributed by atoms with Gasteiger partial charge < -0.3 is 21.3 Å². The van der Waals surface area contributed by atoms with Gasteiger partial charge in [-0.15, -0.1) is 0 Å². The van der Waals surface area contributed by atoms with Gasteiger partial charge in [0.05, 0.1) is 0 Å². The van der Waals surface area contributed by atoms with Crippen LogP contribution in [0.4, 0.5) is 10.5 Å². The van der Waals surface area contributed by atoms with E-state index in [0.29, 0.717) is 23.8 Å². The van der Waals surface area contributed by atoms with E-state index >= 15 is 0 Å². The first-order chi connectivity index (χ1) is 12.5. The van der Waals surface area contributed by atoms with Gasteiger partial charge in [-0.05, 0) is 44.9 Å². The maximum absolute atomic E-state index is 12.3. The van der Waals surface area contributed by atoms with Crippen molar-refractivity contribution in [1.29, 1.82) is 0 Å². The van der Waals surface area contributed by atoms with Crippen molar-refractivity contribution in [3.05, 3.63) is 29.8 Å². The van der Waals surface area contributed by atoms with E-state index in [9.17, 15) is 9.59 Å². The molecule has 0 radical (unpaired) electrons. The summed E-state index contributed by atoms with van der Waals surface area (Å²) in [4.78, 5) is 24.1. The van der Waals surface area contributed by atoms with Crippen LogP contribution < -0.4 is 21.3 Å². The van der Waals surface area contributed by atoms with Crippen LogP contribution in [0.2, 0.25) is 0 Å². The molecule has 1 aromatic rings. The predicted molar refractivity (Wildman–Crippen MR) is 106 cm³/mol. The van der Waals surface area contributed by atoms with Crippen LogP contribution in [0, 0.1) is 0 Å². The lowest BCUT2D eigenvalue weighted by Crippen LogP contribution is -2.37. The molecule has 6 nitrogen and oxygen atoms in total. The monoisotopic (exact) mass is 360 g/mol. The highest BCUT2D eigenvalue weighted by atomic mass is 16.2. The molecule has 1 aliphatic rings. The first-order valence-electron chi connectivity index (χ1n) is 9.74. The van der Waals surface area contributed by atoms with Crippen LogP contribution in [0.15, 0.2) is 24.3 Å². The number of benzene rings is 1. The molecule has 0 bridgehead atoms. The van der Waals surface area contributed by atoms with Gasteiger partial charge in [-0.1, -0.05) is 31.7 Å². The number of hydrogen-bond donors (Lipinski definition) is 4. The quantitative estimate of drug-likeness (QED) is 0.445. The fraction of sp³-hybridized carbons (Fsp3) is 0.600. The van der Waals surface area contributed by atoms with Crippen LogP contribution in [0.25, 0.3) is 0 Å². The molecule has 0 unspecified atom stereocenters. The van der Waals surface area contributed by atoms with Gasteiger partial charge in [0.25, 0.3) is 5.91 Å². The van der Waals surface area contributed by atoms with Crippen LogP contribution in [-0.2, 0) is 0 Å². The third-order valence-corrected chi connectivity index (χ3v) is 4.50. The average molecular weight is 361 g/mol. The molecular formula is C20H32N4O2.